The number of allylic oxidation sites excluding steroid dienone is 2. The van der Waals surface area contributed by atoms with Gasteiger partial charge in [-0.15, -0.1) is 0 Å². The van der Waals surface area contributed by atoms with E-state index < -0.39 is 0 Å². The van der Waals surface area contributed by atoms with E-state index in [4.69, 9.17) is 4.74 Å². The number of carbonyl (C=O) groups is 1. The Kier molecular flexibility index (Phi) is 2.96. The molecule has 17 heavy (non-hydrogen) atoms. The van der Waals surface area contributed by atoms with E-state index >= 15 is 0 Å². The van der Waals surface area contributed by atoms with Gasteiger partial charge in [-0.25, -0.2) is 4.79 Å². The number of hydrogen-bond donors (Lipinski definition) is 1. The van der Waals surface area contributed by atoms with E-state index in [1.807, 2.05) is 24.9 Å². The Balaban J connectivity index is 2.36. The summed E-state index contributed by atoms with van der Waals surface area (Å²) in [6.45, 7) is 4.06. The van der Waals surface area contributed by atoms with Crippen molar-refractivity contribution in [3.05, 3.63) is 35.3 Å². The number of carbonyl (C=O) groups excluding carboxylic acids is 1. The van der Waals surface area contributed by atoms with Crippen molar-refractivity contribution in [2.45, 2.75) is 19.9 Å². The molecule has 0 aromatic rings. The SMILES string of the molecule is CCOC(=O)C1=C(C)N(C)[C@H]2C=CC(O)=C[C@H]12. The maximum atomic E-state index is 11.9. The number of esters is 1. The molecule has 4 nitrogen and oxygen atoms in total. The van der Waals surface area contributed by atoms with Crippen molar-refractivity contribution in [2.75, 3.05) is 13.7 Å². The van der Waals surface area contributed by atoms with Gasteiger partial charge in [-0.3, -0.25) is 0 Å². The number of rotatable bonds is 2. The molecule has 0 saturated carbocycles. The van der Waals surface area contributed by atoms with Gasteiger partial charge in [-0.2, -0.15) is 0 Å². The van der Waals surface area contributed by atoms with Crippen LogP contribution in [0.25, 0.3) is 0 Å². The van der Waals surface area contributed by atoms with Crippen LogP contribution in [0.15, 0.2) is 35.3 Å². The fourth-order valence-electron chi connectivity index (χ4n) is 2.43. The van der Waals surface area contributed by atoms with E-state index in [-0.39, 0.29) is 23.7 Å². The van der Waals surface area contributed by atoms with Crippen molar-refractivity contribution in [3.8, 4) is 0 Å². The zero-order valence-electron chi connectivity index (χ0n) is 10.3. The quantitative estimate of drug-likeness (QED) is 0.741. The number of fused-ring (bicyclic) bond motifs is 1. The third-order valence-electron chi connectivity index (χ3n) is 3.38. The zero-order valence-corrected chi connectivity index (χ0v) is 10.3. The summed E-state index contributed by atoms with van der Waals surface area (Å²) >= 11 is 0. The summed E-state index contributed by atoms with van der Waals surface area (Å²) in [5.41, 5.74) is 1.56. The molecule has 2 atom stereocenters. The Labute approximate surface area is 101 Å². The van der Waals surface area contributed by atoms with Gasteiger partial charge in [0, 0.05) is 18.7 Å². The first-order valence-corrected chi connectivity index (χ1v) is 5.76. The van der Waals surface area contributed by atoms with Crippen LogP contribution in [0, 0.1) is 5.92 Å². The maximum Gasteiger partial charge on any atom is 0.336 e. The average Bonchev–Trinajstić information content (AvgIpc) is 2.51. The molecule has 0 unspecified atom stereocenters. The van der Waals surface area contributed by atoms with Crippen LogP contribution in [0.1, 0.15) is 13.8 Å². The summed E-state index contributed by atoms with van der Waals surface area (Å²) in [6, 6.07) is 0.102. The molecule has 0 bridgehead atoms. The summed E-state index contributed by atoms with van der Waals surface area (Å²) in [6.07, 6.45) is 5.29. The van der Waals surface area contributed by atoms with Crippen molar-refractivity contribution in [1.82, 2.24) is 4.90 Å². The Hall–Kier alpha value is -1.71. The molecule has 1 aliphatic carbocycles. The van der Waals surface area contributed by atoms with Crippen LogP contribution in [-0.4, -0.2) is 35.7 Å². The molecule has 92 valence electrons. The number of ether oxygens (including phenoxy) is 1. The van der Waals surface area contributed by atoms with Gasteiger partial charge in [0.05, 0.1) is 18.2 Å². The first-order chi connectivity index (χ1) is 8.06. The lowest BCUT2D eigenvalue weighted by Crippen LogP contribution is -2.30. The van der Waals surface area contributed by atoms with E-state index in [1.54, 1.807) is 19.1 Å². The van der Waals surface area contributed by atoms with Crippen LogP contribution >= 0.6 is 0 Å². The second-order valence-electron chi connectivity index (χ2n) is 4.30. The minimum absolute atomic E-state index is 0.102. The highest BCUT2D eigenvalue weighted by Gasteiger charge is 2.39. The third kappa shape index (κ3) is 1.84. The lowest BCUT2D eigenvalue weighted by Gasteiger charge is -2.25. The molecule has 0 spiro atoms. The highest BCUT2D eigenvalue weighted by atomic mass is 16.5. The van der Waals surface area contributed by atoms with Gasteiger partial charge in [0.1, 0.15) is 5.76 Å². The Bertz CT molecular complexity index is 434. The molecule has 2 aliphatic rings. The van der Waals surface area contributed by atoms with Crippen LogP contribution in [-0.2, 0) is 9.53 Å². The van der Waals surface area contributed by atoms with Crippen LogP contribution in [0.3, 0.4) is 0 Å². The molecule has 0 aromatic heterocycles. The smallest absolute Gasteiger partial charge is 0.336 e. The molecule has 4 heteroatoms. The van der Waals surface area contributed by atoms with Crippen molar-refractivity contribution in [2.24, 2.45) is 5.92 Å². The fourth-order valence-corrected chi connectivity index (χ4v) is 2.43. The van der Waals surface area contributed by atoms with Gasteiger partial charge in [0.25, 0.3) is 0 Å². The van der Waals surface area contributed by atoms with Gasteiger partial charge >= 0.3 is 5.97 Å². The molecule has 0 amide bonds. The molecule has 1 heterocycles. The molecule has 1 N–H and O–H groups in total. The zero-order chi connectivity index (χ0) is 12.6. The number of aliphatic hydroxyl groups excluding tert-OH is 1. The lowest BCUT2D eigenvalue weighted by atomic mass is 9.90. The van der Waals surface area contributed by atoms with Crippen molar-refractivity contribution >= 4 is 5.97 Å². The molecular formula is C13H17NO3. The van der Waals surface area contributed by atoms with Gasteiger partial charge < -0.3 is 14.7 Å². The van der Waals surface area contributed by atoms with Gasteiger partial charge in [0.15, 0.2) is 0 Å². The molecule has 1 aliphatic heterocycles. The van der Waals surface area contributed by atoms with Crippen LogP contribution in [0.5, 0.6) is 0 Å². The first-order valence-electron chi connectivity index (χ1n) is 5.76. The standard InChI is InChI=1S/C13H17NO3/c1-4-17-13(16)12-8(2)14(3)11-6-5-9(15)7-10(11)12/h5-7,10-11,15H,4H2,1-3H3/t10-,11-/m0/s1. The van der Waals surface area contributed by atoms with E-state index in [0.29, 0.717) is 12.2 Å². The number of likely N-dealkylation sites (N-methyl/N-ethyl adjacent to an activating group) is 1. The molecule has 0 fully saturated rings. The number of nitrogens with zero attached hydrogens (tertiary/aromatic N) is 1. The third-order valence-corrected chi connectivity index (χ3v) is 3.38. The average molecular weight is 235 g/mol. The summed E-state index contributed by atoms with van der Waals surface area (Å²) < 4.78 is 5.07. The van der Waals surface area contributed by atoms with Crippen LogP contribution in [0.2, 0.25) is 0 Å². The van der Waals surface area contributed by atoms with Crippen LogP contribution < -0.4 is 0 Å². The maximum absolute atomic E-state index is 11.9. The molecule has 0 radical (unpaired) electrons. The molecule has 2 rings (SSSR count). The highest BCUT2D eigenvalue weighted by Crippen LogP contribution is 2.37. The van der Waals surface area contributed by atoms with Crippen molar-refractivity contribution < 1.29 is 14.6 Å². The first kappa shape index (κ1) is 11.8. The molecule has 0 aromatic carbocycles. The summed E-state index contributed by atoms with van der Waals surface area (Å²) in [5.74, 6) is -0.191. The Morgan fingerprint density at radius 2 is 2.29 bits per heavy atom. The van der Waals surface area contributed by atoms with E-state index in [1.165, 1.54) is 0 Å². The molecule has 0 saturated heterocycles. The van der Waals surface area contributed by atoms with Gasteiger partial charge in [0.2, 0.25) is 0 Å². The topological polar surface area (TPSA) is 49.8 Å². The minimum atomic E-state index is -0.288. The van der Waals surface area contributed by atoms with E-state index in [9.17, 15) is 9.90 Å². The summed E-state index contributed by atoms with van der Waals surface area (Å²) in [7, 11) is 1.94. The van der Waals surface area contributed by atoms with E-state index in [0.717, 1.165) is 5.70 Å². The summed E-state index contributed by atoms with van der Waals surface area (Å²) in [5, 5.41) is 9.54. The summed E-state index contributed by atoms with van der Waals surface area (Å²) in [4.78, 5) is 14.0. The Morgan fingerprint density at radius 3 is 2.94 bits per heavy atom. The predicted octanol–water partition coefficient (Wildman–Crippen LogP) is 1.77. The molecular weight excluding hydrogens is 218 g/mol. The van der Waals surface area contributed by atoms with E-state index in [2.05, 4.69) is 0 Å². The fraction of sp³-hybridized carbons (Fsp3) is 0.462. The monoisotopic (exact) mass is 235 g/mol. The predicted molar refractivity (Wildman–Crippen MR) is 64.2 cm³/mol. The van der Waals surface area contributed by atoms with Gasteiger partial charge in [-0.05, 0) is 26.0 Å². The van der Waals surface area contributed by atoms with Crippen molar-refractivity contribution in [3.63, 3.8) is 0 Å². The van der Waals surface area contributed by atoms with Crippen LogP contribution in [0.4, 0.5) is 0 Å². The normalized spacial score (nSPS) is 27.0. The van der Waals surface area contributed by atoms with Gasteiger partial charge in [-0.1, -0.05) is 6.08 Å². The second kappa shape index (κ2) is 4.28. The van der Waals surface area contributed by atoms with Crippen molar-refractivity contribution in [1.29, 1.82) is 0 Å². The largest absolute Gasteiger partial charge is 0.508 e. The number of hydrogen-bond acceptors (Lipinski definition) is 4. The highest BCUT2D eigenvalue weighted by molar-refractivity contribution is 5.91. The minimum Gasteiger partial charge on any atom is -0.508 e. The second-order valence-corrected chi connectivity index (χ2v) is 4.30. The Morgan fingerprint density at radius 1 is 1.59 bits per heavy atom. The lowest BCUT2D eigenvalue weighted by molar-refractivity contribution is -0.138. The number of aliphatic hydroxyl groups is 1.